The average molecular weight is 283 g/mol. The molecular weight excluding hydrogens is 262 g/mol. The average Bonchev–Trinajstić information content (AvgIpc) is 2.71. The van der Waals surface area contributed by atoms with Crippen LogP contribution in [0.3, 0.4) is 0 Å². The topological polar surface area (TPSA) is 57.6 Å². The molecule has 0 aromatic heterocycles. The van der Waals surface area contributed by atoms with E-state index in [1.54, 1.807) is 28.6 Å². The third-order valence-electron chi connectivity index (χ3n) is 3.92. The van der Waals surface area contributed by atoms with E-state index in [0.29, 0.717) is 36.2 Å². The van der Waals surface area contributed by atoms with Crippen molar-refractivity contribution in [2.75, 3.05) is 19.7 Å². The molecule has 0 aliphatic carbocycles. The van der Waals surface area contributed by atoms with E-state index in [1.807, 2.05) is 0 Å². The summed E-state index contributed by atoms with van der Waals surface area (Å²) in [7, 11) is -3.37. The maximum absolute atomic E-state index is 12.5. The predicted octanol–water partition coefficient (Wildman–Crippen LogP) is 1.50. The highest BCUT2D eigenvalue weighted by atomic mass is 32.2. The Morgan fingerprint density at radius 2 is 1.68 bits per heavy atom. The summed E-state index contributed by atoms with van der Waals surface area (Å²) in [6.07, 6.45) is 0.554. The second-order valence-corrected chi connectivity index (χ2v) is 7.33. The normalized spacial score (nSPS) is 24.8. The third-order valence-corrected chi connectivity index (χ3v) is 5.76. The van der Waals surface area contributed by atoms with Gasteiger partial charge >= 0.3 is 0 Å². The number of sulfonamides is 1. The summed E-state index contributed by atoms with van der Waals surface area (Å²) < 4.78 is 26.5. The van der Waals surface area contributed by atoms with Gasteiger partial charge in [0.05, 0.1) is 4.90 Å². The van der Waals surface area contributed by atoms with E-state index >= 15 is 0 Å². The fourth-order valence-electron chi connectivity index (χ4n) is 2.38. The number of rotatable bonds is 4. The van der Waals surface area contributed by atoms with Crippen molar-refractivity contribution >= 4 is 10.0 Å². The molecule has 1 N–H and O–H groups in total. The van der Waals surface area contributed by atoms with Crippen molar-refractivity contribution in [2.24, 2.45) is 11.8 Å². The highest BCUT2D eigenvalue weighted by Crippen LogP contribution is 2.28. The van der Waals surface area contributed by atoms with Crippen LogP contribution in [0.2, 0.25) is 0 Å². The van der Waals surface area contributed by atoms with E-state index in [1.165, 1.54) is 0 Å². The molecule has 1 aromatic rings. The molecule has 106 valence electrons. The minimum absolute atomic E-state index is 0.0766. The van der Waals surface area contributed by atoms with Gasteiger partial charge in [0, 0.05) is 19.7 Å². The molecule has 2 unspecified atom stereocenters. The first kappa shape index (κ1) is 14.5. The summed E-state index contributed by atoms with van der Waals surface area (Å²) in [6.45, 7) is 5.45. The van der Waals surface area contributed by atoms with Gasteiger partial charge in [-0.1, -0.05) is 26.0 Å². The fraction of sp³-hybridized carbons (Fsp3) is 0.571. The maximum atomic E-state index is 12.5. The van der Waals surface area contributed by atoms with Gasteiger partial charge in [0.1, 0.15) is 0 Å². The second-order valence-electron chi connectivity index (χ2n) is 5.39. The van der Waals surface area contributed by atoms with E-state index in [9.17, 15) is 8.42 Å². The number of hydrogen-bond acceptors (Lipinski definition) is 3. The summed E-state index contributed by atoms with van der Waals surface area (Å²) in [5, 5.41) is 8.85. The molecule has 5 heteroatoms. The van der Waals surface area contributed by atoms with Crippen LogP contribution in [0.4, 0.5) is 0 Å². The quantitative estimate of drug-likeness (QED) is 0.911. The number of aliphatic hydroxyl groups excluding tert-OH is 1. The Hall–Kier alpha value is -0.910. The SMILES string of the molecule is CC1CN(S(=O)(=O)c2ccc(CCO)cc2)CC1C. The van der Waals surface area contributed by atoms with Gasteiger partial charge in [-0.15, -0.1) is 0 Å². The Morgan fingerprint density at radius 1 is 1.16 bits per heavy atom. The van der Waals surface area contributed by atoms with Crippen molar-refractivity contribution in [1.29, 1.82) is 0 Å². The highest BCUT2D eigenvalue weighted by Gasteiger charge is 2.34. The smallest absolute Gasteiger partial charge is 0.243 e. The first-order valence-electron chi connectivity index (χ1n) is 6.65. The van der Waals surface area contributed by atoms with Crippen LogP contribution >= 0.6 is 0 Å². The van der Waals surface area contributed by atoms with Crippen LogP contribution in [-0.4, -0.2) is 37.5 Å². The Bertz CT molecular complexity index is 514. The number of benzene rings is 1. The van der Waals surface area contributed by atoms with Crippen molar-refractivity contribution in [2.45, 2.75) is 25.2 Å². The van der Waals surface area contributed by atoms with Crippen LogP contribution in [0.1, 0.15) is 19.4 Å². The fourth-order valence-corrected chi connectivity index (χ4v) is 4.02. The van der Waals surface area contributed by atoms with Crippen molar-refractivity contribution in [3.05, 3.63) is 29.8 Å². The molecule has 2 rings (SSSR count). The lowest BCUT2D eigenvalue weighted by Gasteiger charge is -2.16. The molecular formula is C14H21NO3S. The summed E-state index contributed by atoms with van der Waals surface area (Å²) in [5.74, 6) is 0.812. The molecule has 0 amide bonds. The standard InChI is InChI=1S/C14H21NO3S/c1-11-9-15(10-12(11)2)19(17,18)14-5-3-13(4-6-14)7-8-16/h3-6,11-12,16H,7-10H2,1-2H3. The molecule has 4 nitrogen and oxygen atoms in total. The van der Waals surface area contributed by atoms with E-state index in [2.05, 4.69) is 13.8 Å². The lowest BCUT2D eigenvalue weighted by molar-refractivity contribution is 0.299. The van der Waals surface area contributed by atoms with E-state index in [-0.39, 0.29) is 6.61 Å². The number of aliphatic hydroxyl groups is 1. The Kier molecular flexibility index (Phi) is 4.28. The Morgan fingerprint density at radius 3 is 2.16 bits per heavy atom. The van der Waals surface area contributed by atoms with Gasteiger partial charge in [0.25, 0.3) is 0 Å². The van der Waals surface area contributed by atoms with Crippen LogP contribution in [0.15, 0.2) is 29.2 Å². The van der Waals surface area contributed by atoms with Crippen molar-refractivity contribution in [3.63, 3.8) is 0 Å². The predicted molar refractivity (Wildman–Crippen MR) is 74.3 cm³/mol. The zero-order valence-corrected chi connectivity index (χ0v) is 12.2. The Balaban J connectivity index is 2.20. The van der Waals surface area contributed by atoms with Gasteiger partial charge in [-0.3, -0.25) is 0 Å². The maximum Gasteiger partial charge on any atom is 0.243 e. The minimum atomic E-state index is -3.37. The molecule has 2 atom stereocenters. The summed E-state index contributed by atoms with van der Waals surface area (Å²) in [6, 6.07) is 6.81. The summed E-state index contributed by atoms with van der Waals surface area (Å²) >= 11 is 0. The van der Waals surface area contributed by atoms with Crippen molar-refractivity contribution in [1.82, 2.24) is 4.31 Å². The van der Waals surface area contributed by atoms with Gasteiger partial charge < -0.3 is 5.11 Å². The van der Waals surface area contributed by atoms with Crippen LogP contribution in [0.5, 0.6) is 0 Å². The highest BCUT2D eigenvalue weighted by molar-refractivity contribution is 7.89. The molecule has 0 spiro atoms. The molecule has 1 aliphatic heterocycles. The van der Waals surface area contributed by atoms with Crippen LogP contribution in [0.25, 0.3) is 0 Å². The summed E-state index contributed by atoms with van der Waals surface area (Å²) in [5.41, 5.74) is 0.949. The van der Waals surface area contributed by atoms with E-state index in [4.69, 9.17) is 5.11 Å². The van der Waals surface area contributed by atoms with Crippen LogP contribution in [-0.2, 0) is 16.4 Å². The van der Waals surface area contributed by atoms with Crippen molar-refractivity contribution in [3.8, 4) is 0 Å². The van der Waals surface area contributed by atoms with Gasteiger partial charge in [0.15, 0.2) is 0 Å². The van der Waals surface area contributed by atoms with Crippen LogP contribution < -0.4 is 0 Å². The molecule has 1 fully saturated rings. The largest absolute Gasteiger partial charge is 0.396 e. The third kappa shape index (κ3) is 2.99. The zero-order chi connectivity index (χ0) is 14.0. The molecule has 1 heterocycles. The molecule has 0 saturated carbocycles. The monoisotopic (exact) mass is 283 g/mol. The lowest BCUT2D eigenvalue weighted by atomic mass is 10.0. The molecule has 0 radical (unpaired) electrons. The molecule has 1 aromatic carbocycles. The number of nitrogens with zero attached hydrogens (tertiary/aromatic N) is 1. The number of hydrogen-bond donors (Lipinski definition) is 1. The van der Waals surface area contributed by atoms with Gasteiger partial charge in [-0.2, -0.15) is 4.31 Å². The first-order chi connectivity index (χ1) is 8.95. The van der Waals surface area contributed by atoms with Crippen LogP contribution in [0, 0.1) is 11.8 Å². The first-order valence-corrected chi connectivity index (χ1v) is 8.09. The Labute approximate surface area is 115 Å². The zero-order valence-electron chi connectivity index (χ0n) is 11.4. The van der Waals surface area contributed by atoms with E-state index in [0.717, 1.165) is 5.56 Å². The van der Waals surface area contributed by atoms with Gasteiger partial charge in [-0.25, -0.2) is 8.42 Å². The molecule has 0 bridgehead atoms. The van der Waals surface area contributed by atoms with Gasteiger partial charge in [-0.05, 0) is 36.0 Å². The van der Waals surface area contributed by atoms with Gasteiger partial charge in [0.2, 0.25) is 10.0 Å². The molecule has 1 aliphatic rings. The molecule has 1 saturated heterocycles. The molecule has 19 heavy (non-hydrogen) atoms. The van der Waals surface area contributed by atoms with Crippen molar-refractivity contribution < 1.29 is 13.5 Å². The minimum Gasteiger partial charge on any atom is -0.396 e. The lowest BCUT2D eigenvalue weighted by Crippen LogP contribution is -2.29. The second kappa shape index (κ2) is 5.61. The summed E-state index contributed by atoms with van der Waals surface area (Å²) in [4.78, 5) is 0.343. The van der Waals surface area contributed by atoms with E-state index < -0.39 is 10.0 Å².